The number of aromatic nitrogens is 2. The summed E-state index contributed by atoms with van der Waals surface area (Å²) in [7, 11) is 0. The summed E-state index contributed by atoms with van der Waals surface area (Å²) in [6, 6.07) is 7.54. The summed E-state index contributed by atoms with van der Waals surface area (Å²) in [5, 5.41) is 2.87. The van der Waals surface area contributed by atoms with Crippen LogP contribution in [0, 0.1) is 0 Å². The standard InChI is InChI=1S/C16H18N4O/c21-16(14-4-3-7-17-12-14)19-11-13-5-6-15(18-10-13)20-8-1-2-9-20/h3-7,10,12H,1-2,8-9,11H2,(H,19,21). The SMILES string of the molecule is O=C(NCc1ccc(N2CCCC2)nc1)c1cccnc1. The first-order chi connectivity index (χ1) is 10.3. The molecule has 1 saturated heterocycles. The van der Waals surface area contributed by atoms with Crippen molar-refractivity contribution < 1.29 is 4.79 Å². The number of carbonyl (C=O) groups is 1. The summed E-state index contributed by atoms with van der Waals surface area (Å²) in [5.41, 5.74) is 1.56. The molecular weight excluding hydrogens is 264 g/mol. The molecule has 0 bridgehead atoms. The minimum Gasteiger partial charge on any atom is -0.357 e. The summed E-state index contributed by atoms with van der Waals surface area (Å²) in [6.07, 6.45) is 7.52. The third-order valence-electron chi connectivity index (χ3n) is 3.62. The fourth-order valence-corrected chi connectivity index (χ4v) is 2.44. The summed E-state index contributed by atoms with van der Waals surface area (Å²) in [5.74, 6) is 0.904. The maximum atomic E-state index is 11.9. The fourth-order valence-electron chi connectivity index (χ4n) is 2.44. The molecule has 2 aromatic heterocycles. The molecule has 2 aromatic rings. The topological polar surface area (TPSA) is 58.1 Å². The van der Waals surface area contributed by atoms with E-state index in [1.54, 1.807) is 24.5 Å². The Morgan fingerprint density at radius 3 is 2.71 bits per heavy atom. The Balaban J connectivity index is 1.57. The van der Waals surface area contributed by atoms with Crippen LogP contribution in [0.25, 0.3) is 0 Å². The van der Waals surface area contributed by atoms with E-state index in [0.29, 0.717) is 12.1 Å². The molecule has 21 heavy (non-hydrogen) atoms. The number of carbonyl (C=O) groups excluding carboxylic acids is 1. The molecule has 3 heterocycles. The van der Waals surface area contributed by atoms with Crippen molar-refractivity contribution in [2.24, 2.45) is 0 Å². The minimum absolute atomic E-state index is 0.119. The van der Waals surface area contributed by atoms with Crippen molar-refractivity contribution in [2.45, 2.75) is 19.4 Å². The van der Waals surface area contributed by atoms with Crippen LogP contribution in [0.2, 0.25) is 0 Å². The van der Waals surface area contributed by atoms with Crippen molar-refractivity contribution in [3.63, 3.8) is 0 Å². The van der Waals surface area contributed by atoms with E-state index < -0.39 is 0 Å². The Morgan fingerprint density at radius 2 is 2.05 bits per heavy atom. The highest BCUT2D eigenvalue weighted by molar-refractivity contribution is 5.93. The van der Waals surface area contributed by atoms with E-state index >= 15 is 0 Å². The van der Waals surface area contributed by atoms with Gasteiger partial charge in [0.25, 0.3) is 5.91 Å². The van der Waals surface area contributed by atoms with Gasteiger partial charge in [0.1, 0.15) is 5.82 Å². The van der Waals surface area contributed by atoms with Crippen molar-refractivity contribution in [3.05, 3.63) is 54.0 Å². The number of nitrogens with one attached hydrogen (secondary N) is 1. The Morgan fingerprint density at radius 1 is 1.19 bits per heavy atom. The first-order valence-electron chi connectivity index (χ1n) is 7.21. The quantitative estimate of drug-likeness (QED) is 0.932. The van der Waals surface area contributed by atoms with E-state index in [2.05, 4.69) is 20.2 Å². The number of nitrogens with zero attached hydrogens (tertiary/aromatic N) is 3. The van der Waals surface area contributed by atoms with Gasteiger partial charge in [-0.05, 0) is 36.6 Å². The second-order valence-electron chi connectivity index (χ2n) is 5.14. The highest BCUT2D eigenvalue weighted by Crippen LogP contribution is 2.17. The molecule has 1 amide bonds. The molecular formula is C16H18N4O. The number of amides is 1. The summed E-state index contributed by atoms with van der Waals surface area (Å²) in [6.45, 7) is 2.65. The predicted molar refractivity (Wildman–Crippen MR) is 81.1 cm³/mol. The second-order valence-corrected chi connectivity index (χ2v) is 5.14. The van der Waals surface area contributed by atoms with Gasteiger partial charge in [-0.1, -0.05) is 6.07 Å². The second kappa shape index (κ2) is 6.35. The Hall–Kier alpha value is -2.43. The van der Waals surface area contributed by atoms with Gasteiger partial charge in [-0.15, -0.1) is 0 Å². The van der Waals surface area contributed by atoms with Crippen LogP contribution in [0.4, 0.5) is 5.82 Å². The van der Waals surface area contributed by atoms with Gasteiger partial charge in [-0.25, -0.2) is 4.98 Å². The third-order valence-corrected chi connectivity index (χ3v) is 3.62. The van der Waals surface area contributed by atoms with E-state index in [4.69, 9.17) is 0 Å². The summed E-state index contributed by atoms with van der Waals surface area (Å²) < 4.78 is 0. The van der Waals surface area contributed by atoms with Crippen LogP contribution in [0.1, 0.15) is 28.8 Å². The van der Waals surface area contributed by atoms with Crippen molar-refractivity contribution in [3.8, 4) is 0 Å². The Labute approximate surface area is 124 Å². The maximum Gasteiger partial charge on any atom is 0.253 e. The Bertz CT molecular complexity index is 591. The van der Waals surface area contributed by atoms with Gasteiger partial charge >= 0.3 is 0 Å². The molecule has 1 aliphatic rings. The number of pyridine rings is 2. The predicted octanol–water partition coefficient (Wildman–Crippen LogP) is 2.01. The van der Waals surface area contributed by atoms with Gasteiger partial charge in [-0.3, -0.25) is 9.78 Å². The molecule has 0 aromatic carbocycles. The minimum atomic E-state index is -0.119. The molecule has 3 rings (SSSR count). The average Bonchev–Trinajstić information content (AvgIpc) is 3.08. The number of anilines is 1. The average molecular weight is 282 g/mol. The van der Waals surface area contributed by atoms with Gasteiger partial charge in [0.2, 0.25) is 0 Å². The number of rotatable bonds is 4. The lowest BCUT2D eigenvalue weighted by atomic mass is 10.2. The van der Waals surface area contributed by atoms with Gasteiger partial charge in [0.15, 0.2) is 0 Å². The molecule has 5 nitrogen and oxygen atoms in total. The van der Waals surface area contributed by atoms with E-state index in [-0.39, 0.29) is 5.91 Å². The highest BCUT2D eigenvalue weighted by atomic mass is 16.1. The van der Waals surface area contributed by atoms with Gasteiger partial charge in [-0.2, -0.15) is 0 Å². The smallest absolute Gasteiger partial charge is 0.253 e. The van der Waals surface area contributed by atoms with Crippen LogP contribution in [-0.4, -0.2) is 29.0 Å². The normalized spacial score (nSPS) is 14.2. The maximum absolute atomic E-state index is 11.9. The van der Waals surface area contributed by atoms with Crippen LogP contribution in [0.5, 0.6) is 0 Å². The number of hydrogen-bond acceptors (Lipinski definition) is 4. The zero-order valence-corrected chi connectivity index (χ0v) is 11.8. The molecule has 0 spiro atoms. The van der Waals surface area contributed by atoms with E-state index in [9.17, 15) is 4.79 Å². The number of hydrogen-bond donors (Lipinski definition) is 1. The Kier molecular flexibility index (Phi) is 4.09. The lowest BCUT2D eigenvalue weighted by Gasteiger charge is -2.16. The zero-order valence-electron chi connectivity index (χ0n) is 11.8. The van der Waals surface area contributed by atoms with E-state index in [1.165, 1.54) is 12.8 Å². The fraction of sp³-hybridized carbons (Fsp3) is 0.312. The third kappa shape index (κ3) is 3.37. The molecule has 0 radical (unpaired) electrons. The molecule has 108 valence electrons. The monoisotopic (exact) mass is 282 g/mol. The van der Waals surface area contributed by atoms with Crippen LogP contribution < -0.4 is 10.2 Å². The van der Waals surface area contributed by atoms with Gasteiger partial charge in [0, 0.05) is 38.2 Å². The van der Waals surface area contributed by atoms with Gasteiger partial charge in [0.05, 0.1) is 5.56 Å². The first-order valence-corrected chi connectivity index (χ1v) is 7.21. The van der Waals surface area contributed by atoms with E-state index in [1.807, 2.05) is 18.3 Å². The van der Waals surface area contributed by atoms with Crippen molar-refractivity contribution in [1.82, 2.24) is 15.3 Å². The molecule has 0 unspecified atom stereocenters. The largest absolute Gasteiger partial charge is 0.357 e. The first kappa shape index (κ1) is 13.5. The lowest BCUT2D eigenvalue weighted by molar-refractivity contribution is 0.0950. The van der Waals surface area contributed by atoms with Crippen molar-refractivity contribution in [1.29, 1.82) is 0 Å². The highest BCUT2D eigenvalue weighted by Gasteiger charge is 2.13. The molecule has 1 fully saturated rings. The van der Waals surface area contributed by atoms with Crippen LogP contribution in [0.3, 0.4) is 0 Å². The van der Waals surface area contributed by atoms with Crippen LogP contribution >= 0.6 is 0 Å². The molecule has 5 heteroatoms. The van der Waals surface area contributed by atoms with Crippen molar-refractivity contribution >= 4 is 11.7 Å². The molecule has 0 saturated carbocycles. The van der Waals surface area contributed by atoms with Gasteiger partial charge < -0.3 is 10.2 Å². The van der Waals surface area contributed by atoms with Crippen molar-refractivity contribution in [2.75, 3.05) is 18.0 Å². The van der Waals surface area contributed by atoms with Crippen LogP contribution in [0.15, 0.2) is 42.9 Å². The lowest BCUT2D eigenvalue weighted by Crippen LogP contribution is -2.23. The zero-order chi connectivity index (χ0) is 14.5. The van der Waals surface area contributed by atoms with Crippen LogP contribution in [-0.2, 0) is 6.54 Å². The molecule has 1 N–H and O–H groups in total. The van der Waals surface area contributed by atoms with E-state index in [0.717, 1.165) is 24.5 Å². The summed E-state index contributed by atoms with van der Waals surface area (Å²) in [4.78, 5) is 22.6. The molecule has 1 aliphatic heterocycles. The summed E-state index contributed by atoms with van der Waals surface area (Å²) >= 11 is 0. The molecule has 0 atom stereocenters. The molecule has 0 aliphatic carbocycles.